The fourth-order valence-electron chi connectivity index (χ4n) is 3.96. The Bertz CT molecular complexity index is 1550. The number of benzene rings is 1. The second-order valence-electron chi connectivity index (χ2n) is 17.7. The number of carboxylic acids is 8. The van der Waals surface area contributed by atoms with Gasteiger partial charge in [-0.05, 0) is 111 Å². The van der Waals surface area contributed by atoms with Crippen molar-refractivity contribution in [2.24, 2.45) is 63.6 Å². The van der Waals surface area contributed by atoms with Crippen molar-refractivity contribution in [3.8, 4) is 0 Å². The lowest BCUT2D eigenvalue weighted by Gasteiger charge is -2.07. The van der Waals surface area contributed by atoms with Crippen LogP contribution in [0.25, 0.3) is 0 Å². The number of hydrogen-bond acceptors (Lipinski definition) is 25. The number of rotatable bonds is 27. The first-order valence-electron chi connectivity index (χ1n) is 25.4. The lowest BCUT2D eigenvalue weighted by atomic mass is 10.1. The molecular formula is C51H110N8O22S3. The van der Waals surface area contributed by atoms with Gasteiger partial charge in [-0.25, -0.2) is 0 Å². The average Bonchev–Trinajstić information content (AvgIpc) is 3.43. The fourth-order valence-corrected chi connectivity index (χ4v) is 5.43. The number of aliphatic hydroxyl groups excluding tert-OH is 6. The highest BCUT2D eigenvalue weighted by Crippen LogP contribution is 2.05. The molecule has 0 heterocycles. The van der Waals surface area contributed by atoms with Crippen LogP contribution >= 0.6 is 35.3 Å². The SMILES string of the molecule is CC(C)C[C@H](N)C(=O)O.CC(C)C[C@H](N)C(=O)O.CC(C)C[C@H](N)C(=O)O.CC(O)CO.CO.CO.CO.CSCC[C@H](N)C(=O)O.CSCC[C@H](N)C(=O)O.CSCC[C@H](N)C(=O)O.N[C@@H](CO)C(=O)O.N[C@@H](Cc1ccccc1)C(=O)O. The molecule has 0 saturated carbocycles. The Morgan fingerprint density at radius 3 is 0.690 bits per heavy atom. The Balaban J connectivity index is -0.0000000788. The van der Waals surface area contributed by atoms with Crippen LogP contribution in [-0.4, -0.2) is 244 Å². The van der Waals surface area contributed by atoms with Crippen molar-refractivity contribution in [1.29, 1.82) is 0 Å². The maximum absolute atomic E-state index is 10.4. The van der Waals surface area contributed by atoms with Crippen molar-refractivity contribution < 1.29 is 110 Å². The van der Waals surface area contributed by atoms with E-state index in [0.29, 0.717) is 62.7 Å². The van der Waals surface area contributed by atoms with E-state index in [4.69, 9.17) is 117 Å². The van der Waals surface area contributed by atoms with Crippen LogP contribution in [0.2, 0.25) is 0 Å². The first-order chi connectivity index (χ1) is 38.8. The van der Waals surface area contributed by atoms with E-state index in [9.17, 15) is 38.4 Å². The lowest BCUT2D eigenvalue weighted by molar-refractivity contribution is -0.140. The zero-order valence-electron chi connectivity index (χ0n) is 51.2. The first kappa shape index (κ1) is 104. The van der Waals surface area contributed by atoms with Crippen LogP contribution in [0, 0.1) is 17.8 Å². The summed E-state index contributed by atoms with van der Waals surface area (Å²) in [7, 11) is 3.00. The zero-order valence-corrected chi connectivity index (χ0v) is 53.6. The van der Waals surface area contributed by atoms with E-state index in [1.165, 1.54) is 6.92 Å². The minimum absolute atomic E-state index is 0.139. The summed E-state index contributed by atoms with van der Waals surface area (Å²) in [6.45, 7) is 12.6. The number of carboxylic acid groups (broad SMARTS) is 8. The number of nitrogens with two attached hydrogens (primary N) is 8. The molecule has 0 amide bonds. The van der Waals surface area contributed by atoms with Crippen LogP contribution in [0.1, 0.15) is 92.6 Å². The molecule has 0 saturated heterocycles. The minimum Gasteiger partial charge on any atom is -0.480 e. The van der Waals surface area contributed by atoms with Crippen molar-refractivity contribution >= 4 is 83.0 Å². The van der Waals surface area contributed by atoms with E-state index >= 15 is 0 Å². The van der Waals surface area contributed by atoms with Crippen molar-refractivity contribution in [2.75, 3.05) is 70.6 Å². The maximum Gasteiger partial charge on any atom is 0.322 e. The zero-order chi connectivity index (χ0) is 69.3. The molecule has 30 nitrogen and oxygen atoms in total. The van der Waals surface area contributed by atoms with Gasteiger partial charge in [-0.3, -0.25) is 38.4 Å². The molecule has 0 radical (unpaired) electrons. The van der Waals surface area contributed by atoms with Crippen LogP contribution in [0.15, 0.2) is 30.3 Å². The summed E-state index contributed by atoms with van der Waals surface area (Å²) in [5.74, 6) is -4.10. The van der Waals surface area contributed by atoms with Gasteiger partial charge in [0.15, 0.2) is 0 Å². The van der Waals surface area contributed by atoms with Gasteiger partial charge in [-0.2, -0.15) is 35.3 Å². The number of hydrogen-bond donors (Lipinski definition) is 22. The Morgan fingerprint density at radius 2 is 0.571 bits per heavy atom. The molecule has 0 bridgehead atoms. The summed E-state index contributed by atoms with van der Waals surface area (Å²) < 4.78 is 0. The van der Waals surface area contributed by atoms with Crippen molar-refractivity contribution in [2.45, 2.75) is 148 Å². The highest BCUT2D eigenvalue weighted by Gasteiger charge is 2.15. The van der Waals surface area contributed by atoms with Crippen molar-refractivity contribution in [3.63, 3.8) is 0 Å². The third-order valence-electron chi connectivity index (χ3n) is 8.37. The molecule has 33 heteroatoms. The molecule has 0 fully saturated rings. The predicted molar refractivity (Wildman–Crippen MR) is 333 cm³/mol. The highest BCUT2D eigenvalue weighted by atomic mass is 32.2. The molecule has 1 aromatic rings. The molecule has 9 atom stereocenters. The summed E-state index contributed by atoms with van der Waals surface area (Å²) in [5, 5.41) is 111. The standard InChI is InChI=1S/C9H11NO2.3C6H13NO2.3C5H11NO2S.C3H7NO3.C3H8O2.3CH4O/c10-8(9(11)12)6-7-4-2-1-3-5-7;3*1-4(2)3-5(7)6(8)9;3*1-9-3-2-4(6)5(7)8;4-2(1-5)3(6)7;1-3(5)2-4;3*1-2/h1-5,8H,6,10H2,(H,11,12);3*4-5H,3,7H2,1-2H3,(H,8,9);3*4H,2-3,6H2,1H3,(H,7,8);2,5H,1,4H2,(H,6,7);3-5H,2H2,1H3;3*2H,1H3/t8-;3*5-;3*4-;2-;;;;/m00000000..../s1. The first-order valence-corrected chi connectivity index (χ1v) is 29.6. The molecule has 0 aliphatic carbocycles. The van der Waals surface area contributed by atoms with Crippen LogP contribution in [0.3, 0.4) is 0 Å². The summed E-state index contributed by atoms with van der Waals surface area (Å²) in [6.07, 6.45) is 8.91. The monoisotopic (exact) mass is 1280 g/mol. The molecule has 504 valence electrons. The molecule has 0 aliphatic rings. The predicted octanol–water partition coefficient (Wildman–Crippen LogP) is -0.996. The number of thioether (sulfide) groups is 3. The Morgan fingerprint density at radius 1 is 0.369 bits per heavy atom. The summed E-state index contributed by atoms with van der Waals surface area (Å²) >= 11 is 4.81. The maximum atomic E-state index is 10.4. The number of aliphatic carboxylic acids is 8. The Kier molecular flexibility index (Phi) is 95.0. The normalized spacial score (nSPS) is 12.6. The Labute approximate surface area is 508 Å². The van der Waals surface area contributed by atoms with Gasteiger partial charge >= 0.3 is 47.8 Å². The van der Waals surface area contributed by atoms with E-state index in [1.54, 1.807) is 35.3 Å². The second-order valence-corrected chi connectivity index (χ2v) is 20.7. The second kappa shape index (κ2) is 76.5. The largest absolute Gasteiger partial charge is 0.480 e. The molecular weight excluding hydrogens is 1170 g/mol. The van der Waals surface area contributed by atoms with E-state index < -0.39 is 109 Å². The van der Waals surface area contributed by atoms with Gasteiger partial charge in [-0.1, -0.05) is 71.9 Å². The molecule has 84 heavy (non-hydrogen) atoms. The van der Waals surface area contributed by atoms with Crippen molar-refractivity contribution in [3.05, 3.63) is 35.9 Å². The lowest BCUT2D eigenvalue weighted by Crippen LogP contribution is -2.33. The molecule has 1 unspecified atom stereocenters. The van der Waals surface area contributed by atoms with Gasteiger partial charge in [0, 0.05) is 21.3 Å². The van der Waals surface area contributed by atoms with Gasteiger partial charge in [-0.15, -0.1) is 0 Å². The average molecular weight is 1280 g/mol. The van der Waals surface area contributed by atoms with E-state index in [1.807, 2.05) is 90.6 Å². The van der Waals surface area contributed by atoms with Gasteiger partial charge in [0.05, 0.1) is 19.3 Å². The van der Waals surface area contributed by atoms with Gasteiger partial charge in [0.1, 0.15) is 48.3 Å². The smallest absolute Gasteiger partial charge is 0.322 e. The Hall–Kier alpha value is -4.53. The molecule has 30 N–H and O–H groups in total. The number of aliphatic hydroxyl groups is 6. The highest BCUT2D eigenvalue weighted by molar-refractivity contribution is 7.98. The summed E-state index contributed by atoms with van der Waals surface area (Å²) in [5.41, 5.74) is 42.3. The van der Waals surface area contributed by atoms with E-state index in [-0.39, 0.29) is 6.61 Å². The fraction of sp³-hybridized carbons (Fsp3) is 0.725. The van der Waals surface area contributed by atoms with Crippen LogP contribution in [0.4, 0.5) is 0 Å². The minimum atomic E-state index is -1.18. The quantitative estimate of drug-likeness (QED) is 0.0502. The van der Waals surface area contributed by atoms with Gasteiger partial charge in [0.2, 0.25) is 0 Å². The van der Waals surface area contributed by atoms with Crippen LogP contribution < -0.4 is 45.9 Å². The van der Waals surface area contributed by atoms with Crippen LogP contribution in [0.5, 0.6) is 0 Å². The summed E-state index contributed by atoms with van der Waals surface area (Å²) in [4.78, 5) is 80.6. The van der Waals surface area contributed by atoms with E-state index in [0.717, 1.165) is 44.2 Å². The molecule has 0 aliphatic heterocycles. The topological polar surface area (TPSA) is 628 Å². The summed E-state index contributed by atoms with van der Waals surface area (Å²) in [6, 6.07) is 3.30. The van der Waals surface area contributed by atoms with Crippen LogP contribution in [-0.2, 0) is 44.8 Å². The number of carbonyl (C=O) groups is 8. The third kappa shape index (κ3) is 99.5. The third-order valence-corrected chi connectivity index (χ3v) is 10.3. The van der Waals surface area contributed by atoms with E-state index in [2.05, 4.69) is 0 Å². The molecule has 0 spiro atoms. The van der Waals surface area contributed by atoms with Gasteiger partial charge in [0.25, 0.3) is 0 Å². The van der Waals surface area contributed by atoms with Crippen molar-refractivity contribution in [1.82, 2.24) is 0 Å². The molecule has 0 aromatic heterocycles. The van der Waals surface area contributed by atoms with Gasteiger partial charge < -0.3 is 117 Å². The molecule has 1 rings (SSSR count). The molecule has 1 aromatic carbocycles.